The number of likely N-dealkylation sites (tertiary alicyclic amines) is 1. The Labute approximate surface area is 130 Å². The normalized spacial score (nSPS) is 22.2. The van der Waals surface area contributed by atoms with Gasteiger partial charge in [0.2, 0.25) is 0 Å². The Morgan fingerprint density at radius 3 is 2.43 bits per heavy atom. The summed E-state index contributed by atoms with van der Waals surface area (Å²) in [6.45, 7) is 11.4. The van der Waals surface area contributed by atoms with Crippen LogP contribution in [0.3, 0.4) is 0 Å². The van der Waals surface area contributed by atoms with Gasteiger partial charge in [0, 0.05) is 18.6 Å². The molecule has 2 atom stereocenters. The van der Waals surface area contributed by atoms with Crippen molar-refractivity contribution < 1.29 is 0 Å². The highest BCUT2D eigenvalue weighted by molar-refractivity contribution is 5.29. The van der Waals surface area contributed by atoms with Crippen molar-refractivity contribution in [1.82, 2.24) is 10.2 Å². The van der Waals surface area contributed by atoms with Crippen molar-refractivity contribution in [2.24, 2.45) is 0 Å². The van der Waals surface area contributed by atoms with Gasteiger partial charge in [0.15, 0.2) is 0 Å². The van der Waals surface area contributed by atoms with E-state index in [0.29, 0.717) is 12.1 Å². The molecule has 0 bridgehead atoms. The molecular weight excluding hydrogens is 256 g/mol. The minimum Gasteiger partial charge on any atom is -0.309 e. The summed E-state index contributed by atoms with van der Waals surface area (Å²) in [6.07, 6.45) is 4.07. The van der Waals surface area contributed by atoms with E-state index in [1.54, 1.807) is 0 Å². The fourth-order valence-corrected chi connectivity index (χ4v) is 3.10. The van der Waals surface area contributed by atoms with Crippen LogP contribution in [0.5, 0.6) is 0 Å². The van der Waals surface area contributed by atoms with Gasteiger partial charge in [-0.25, -0.2) is 0 Å². The third kappa shape index (κ3) is 4.55. The molecule has 0 saturated carbocycles. The van der Waals surface area contributed by atoms with Crippen molar-refractivity contribution in [3.8, 4) is 0 Å². The fourth-order valence-electron chi connectivity index (χ4n) is 3.10. The first kappa shape index (κ1) is 16.5. The van der Waals surface area contributed by atoms with Gasteiger partial charge >= 0.3 is 0 Å². The molecule has 1 fully saturated rings. The lowest BCUT2D eigenvalue weighted by Crippen LogP contribution is -2.43. The molecule has 118 valence electrons. The van der Waals surface area contributed by atoms with Crippen LogP contribution in [0.15, 0.2) is 24.3 Å². The van der Waals surface area contributed by atoms with Crippen LogP contribution in [0.4, 0.5) is 0 Å². The molecule has 0 radical (unpaired) electrons. The Bertz CT molecular complexity index is 430. The zero-order chi connectivity index (χ0) is 15.5. The molecule has 2 nitrogen and oxygen atoms in total. The minimum atomic E-state index is 0.236. The quantitative estimate of drug-likeness (QED) is 0.896. The van der Waals surface area contributed by atoms with E-state index in [0.717, 1.165) is 6.54 Å². The third-order valence-electron chi connectivity index (χ3n) is 4.86. The van der Waals surface area contributed by atoms with E-state index in [1.807, 2.05) is 0 Å². The van der Waals surface area contributed by atoms with Crippen LogP contribution < -0.4 is 5.32 Å². The van der Waals surface area contributed by atoms with Crippen LogP contribution in [0.2, 0.25) is 0 Å². The average Bonchev–Trinajstić information content (AvgIpc) is 2.45. The highest BCUT2D eigenvalue weighted by Crippen LogP contribution is 2.24. The highest BCUT2D eigenvalue weighted by atomic mass is 15.2. The molecule has 1 aliphatic rings. The molecule has 0 aromatic heterocycles. The second-order valence-corrected chi connectivity index (χ2v) is 7.63. The Morgan fingerprint density at radius 1 is 1.19 bits per heavy atom. The molecule has 1 saturated heterocycles. The number of piperidine rings is 1. The second-order valence-electron chi connectivity index (χ2n) is 7.63. The molecular formula is C19H32N2. The lowest BCUT2D eigenvalue weighted by Gasteiger charge is -2.33. The summed E-state index contributed by atoms with van der Waals surface area (Å²) in [7, 11) is 2.26. The topological polar surface area (TPSA) is 15.3 Å². The summed E-state index contributed by atoms with van der Waals surface area (Å²) >= 11 is 0. The van der Waals surface area contributed by atoms with Crippen LogP contribution in [0.25, 0.3) is 0 Å². The number of likely N-dealkylation sites (N-methyl/N-ethyl adjacent to an activating group) is 1. The molecule has 1 aliphatic heterocycles. The molecule has 1 heterocycles. The molecule has 1 N–H and O–H groups in total. The van der Waals surface area contributed by atoms with E-state index >= 15 is 0 Å². The number of benzene rings is 1. The number of hydrogen-bond donors (Lipinski definition) is 1. The third-order valence-corrected chi connectivity index (χ3v) is 4.86. The molecule has 2 unspecified atom stereocenters. The van der Waals surface area contributed by atoms with Crippen LogP contribution in [-0.2, 0) is 5.41 Å². The maximum atomic E-state index is 3.72. The SMILES string of the molecule is CC(NCC1CCCCN1C)c1ccc(C(C)(C)C)cc1. The van der Waals surface area contributed by atoms with Gasteiger partial charge in [0.05, 0.1) is 0 Å². The van der Waals surface area contributed by atoms with Crippen molar-refractivity contribution in [2.75, 3.05) is 20.1 Å². The van der Waals surface area contributed by atoms with Gasteiger partial charge in [-0.1, -0.05) is 51.5 Å². The minimum absolute atomic E-state index is 0.236. The summed E-state index contributed by atoms with van der Waals surface area (Å²) in [5.41, 5.74) is 3.03. The van der Waals surface area contributed by atoms with Gasteiger partial charge in [-0.05, 0) is 49.9 Å². The zero-order valence-electron chi connectivity index (χ0n) is 14.4. The average molecular weight is 288 g/mol. The van der Waals surface area contributed by atoms with Gasteiger partial charge in [-0.2, -0.15) is 0 Å². The molecule has 0 spiro atoms. The molecule has 0 amide bonds. The summed E-state index contributed by atoms with van der Waals surface area (Å²) in [4.78, 5) is 2.51. The Hall–Kier alpha value is -0.860. The first-order valence-corrected chi connectivity index (χ1v) is 8.42. The molecule has 1 aromatic rings. The first-order valence-electron chi connectivity index (χ1n) is 8.42. The number of nitrogens with one attached hydrogen (secondary N) is 1. The fraction of sp³-hybridized carbons (Fsp3) is 0.684. The lowest BCUT2D eigenvalue weighted by atomic mass is 9.86. The second kappa shape index (κ2) is 6.93. The van der Waals surface area contributed by atoms with Crippen LogP contribution in [-0.4, -0.2) is 31.1 Å². The standard InChI is InChI=1S/C19H32N2/c1-15(20-14-18-8-6-7-13-21(18)5)16-9-11-17(12-10-16)19(2,3)4/h9-12,15,18,20H,6-8,13-14H2,1-5H3. The van der Waals surface area contributed by atoms with Gasteiger partial charge in [0.25, 0.3) is 0 Å². The van der Waals surface area contributed by atoms with E-state index in [2.05, 4.69) is 69.2 Å². The lowest BCUT2D eigenvalue weighted by molar-refractivity contribution is 0.178. The van der Waals surface area contributed by atoms with E-state index in [9.17, 15) is 0 Å². The van der Waals surface area contributed by atoms with Crippen LogP contribution in [0.1, 0.15) is 64.1 Å². The van der Waals surface area contributed by atoms with Crippen LogP contribution in [0, 0.1) is 0 Å². The molecule has 21 heavy (non-hydrogen) atoms. The molecule has 0 aliphatic carbocycles. The highest BCUT2D eigenvalue weighted by Gasteiger charge is 2.19. The van der Waals surface area contributed by atoms with Gasteiger partial charge in [0.1, 0.15) is 0 Å². The van der Waals surface area contributed by atoms with E-state index in [-0.39, 0.29) is 5.41 Å². The maximum absolute atomic E-state index is 3.72. The first-order chi connectivity index (χ1) is 9.88. The predicted octanol–water partition coefficient (Wildman–Crippen LogP) is 4.12. The molecule has 1 aromatic carbocycles. The van der Waals surface area contributed by atoms with Gasteiger partial charge in [-0.15, -0.1) is 0 Å². The van der Waals surface area contributed by atoms with Crippen molar-refractivity contribution in [3.63, 3.8) is 0 Å². The van der Waals surface area contributed by atoms with Crippen molar-refractivity contribution in [2.45, 2.75) is 64.5 Å². The zero-order valence-corrected chi connectivity index (χ0v) is 14.4. The van der Waals surface area contributed by atoms with E-state index in [1.165, 1.54) is 36.9 Å². The predicted molar refractivity (Wildman–Crippen MR) is 91.8 cm³/mol. The number of rotatable bonds is 4. The van der Waals surface area contributed by atoms with Crippen molar-refractivity contribution >= 4 is 0 Å². The molecule has 2 rings (SSSR count). The summed E-state index contributed by atoms with van der Waals surface area (Å²) in [6, 6.07) is 10.2. The summed E-state index contributed by atoms with van der Waals surface area (Å²) < 4.78 is 0. The smallest absolute Gasteiger partial charge is 0.0292 e. The number of hydrogen-bond acceptors (Lipinski definition) is 2. The van der Waals surface area contributed by atoms with Gasteiger partial charge in [-0.3, -0.25) is 0 Å². The molecule has 2 heteroatoms. The number of nitrogens with zero attached hydrogens (tertiary/aromatic N) is 1. The Kier molecular flexibility index (Phi) is 5.45. The maximum Gasteiger partial charge on any atom is 0.0292 e. The largest absolute Gasteiger partial charge is 0.309 e. The van der Waals surface area contributed by atoms with E-state index < -0.39 is 0 Å². The Balaban J connectivity index is 1.89. The van der Waals surface area contributed by atoms with Crippen molar-refractivity contribution in [1.29, 1.82) is 0 Å². The van der Waals surface area contributed by atoms with E-state index in [4.69, 9.17) is 0 Å². The van der Waals surface area contributed by atoms with Crippen LogP contribution >= 0.6 is 0 Å². The monoisotopic (exact) mass is 288 g/mol. The van der Waals surface area contributed by atoms with Crippen molar-refractivity contribution in [3.05, 3.63) is 35.4 Å². The Morgan fingerprint density at radius 2 is 1.86 bits per heavy atom. The van der Waals surface area contributed by atoms with Gasteiger partial charge < -0.3 is 10.2 Å². The summed E-state index contributed by atoms with van der Waals surface area (Å²) in [5.74, 6) is 0. The summed E-state index contributed by atoms with van der Waals surface area (Å²) in [5, 5.41) is 3.72.